The van der Waals surface area contributed by atoms with Crippen LogP contribution < -0.4 is 15.2 Å². The van der Waals surface area contributed by atoms with Crippen molar-refractivity contribution in [1.82, 2.24) is 0 Å². The van der Waals surface area contributed by atoms with Crippen LogP contribution in [0, 0.1) is 0 Å². The van der Waals surface area contributed by atoms with Crippen LogP contribution in [0.5, 0.6) is 11.5 Å². The van der Waals surface area contributed by atoms with E-state index in [1.54, 1.807) is 58.4 Å². The standard InChI is InChI=1S/C18H21NO4/c1-18(2,12-9-13(21-3)11-14(10-12)22-4)23-17(20)15-7-5-6-8-16(15)19/h5-11H,19H2,1-4H3. The van der Waals surface area contributed by atoms with E-state index in [9.17, 15) is 4.79 Å². The lowest BCUT2D eigenvalue weighted by Gasteiger charge is -2.26. The van der Waals surface area contributed by atoms with Gasteiger partial charge in [0.1, 0.15) is 17.1 Å². The molecule has 0 bridgehead atoms. The first-order chi connectivity index (χ1) is 10.9. The average molecular weight is 315 g/mol. The molecule has 2 aromatic carbocycles. The third-order valence-corrected chi connectivity index (χ3v) is 3.58. The number of methoxy groups -OCH3 is 2. The Labute approximate surface area is 136 Å². The lowest BCUT2D eigenvalue weighted by molar-refractivity contribution is -0.00317. The smallest absolute Gasteiger partial charge is 0.341 e. The summed E-state index contributed by atoms with van der Waals surface area (Å²) in [5.41, 5.74) is 6.44. The van der Waals surface area contributed by atoms with Crippen molar-refractivity contribution < 1.29 is 19.0 Å². The summed E-state index contributed by atoms with van der Waals surface area (Å²) in [5.74, 6) is 0.778. The Morgan fingerprint density at radius 3 is 2.09 bits per heavy atom. The van der Waals surface area contributed by atoms with Crippen LogP contribution in [0.2, 0.25) is 0 Å². The maximum Gasteiger partial charge on any atom is 0.341 e. The van der Waals surface area contributed by atoms with E-state index in [1.165, 1.54) is 0 Å². The molecule has 2 N–H and O–H groups in total. The lowest BCUT2D eigenvalue weighted by atomic mass is 9.97. The minimum absolute atomic E-state index is 0.343. The first-order valence-corrected chi connectivity index (χ1v) is 7.19. The minimum atomic E-state index is -0.874. The van der Waals surface area contributed by atoms with E-state index >= 15 is 0 Å². The molecule has 2 aromatic rings. The molecule has 122 valence electrons. The van der Waals surface area contributed by atoms with Crippen LogP contribution in [0.3, 0.4) is 0 Å². The van der Waals surface area contributed by atoms with Gasteiger partial charge in [-0.1, -0.05) is 12.1 Å². The molecule has 0 amide bonds. The van der Waals surface area contributed by atoms with Crippen LogP contribution in [0.15, 0.2) is 42.5 Å². The normalized spacial score (nSPS) is 11.0. The van der Waals surface area contributed by atoms with E-state index in [4.69, 9.17) is 19.9 Å². The Balaban J connectivity index is 2.31. The Kier molecular flexibility index (Phi) is 4.79. The largest absolute Gasteiger partial charge is 0.497 e. The number of para-hydroxylation sites is 1. The molecule has 0 fully saturated rings. The van der Waals surface area contributed by atoms with E-state index in [0.717, 1.165) is 5.56 Å². The molecule has 2 rings (SSSR count). The van der Waals surface area contributed by atoms with Crippen LogP contribution in [0.25, 0.3) is 0 Å². The van der Waals surface area contributed by atoms with Gasteiger partial charge in [-0.25, -0.2) is 4.79 Å². The zero-order valence-electron chi connectivity index (χ0n) is 13.8. The summed E-state index contributed by atoms with van der Waals surface area (Å²) in [6.07, 6.45) is 0. The topological polar surface area (TPSA) is 70.8 Å². The van der Waals surface area contributed by atoms with Crippen LogP contribution in [0.4, 0.5) is 5.69 Å². The fourth-order valence-electron chi connectivity index (χ4n) is 2.18. The van der Waals surface area contributed by atoms with Crippen molar-refractivity contribution in [2.75, 3.05) is 20.0 Å². The van der Waals surface area contributed by atoms with Crippen LogP contribution in [-0.2, 0) is 10.3 Å². The number of hydrogen-bond donors (Lipinski definition) is 1. The molecule has 0 unspecified atom stereocenters. The number of nitrogen functional groups attached to an aromatic ring is 1. The van der Waals surface area contributed by atoms with Crippen molar-refractivity contribution in [3.63, 3.8) is 0 Å². The van der Waals surface area contributed by atoms with Gasteiger partial charge in [-0.05, 0) is 38.1 Å². The number of anilines is 1. The van der Waals surface area contributed by atoms with Crippen LogP contribution in [0.1, 0.15) is 29.8 Å². The second-order valence-electron chi connectivity index (χ2n) is 5.59. The van der Waals surface area contributed by atoms with Crippen LogP contribution in [-0.4, -0.2) is 20.2 Å². The van der Waals surface area contributed by atoms with Crippen molar-refractivity contribution in [1.29, 1.82) is 0 Å². The van der Waals surface area contributed by atoms with Gasteiger partial charge in [0.05, 0.1) is 19.8 Å². The molecular weight excluding hydrogens is 294 g/mol. The number of nitrogens with two attached hydrogens (primary N) is 1. The minimum Gasteiger partial charge on any atom is -0.497 e. The fraction of sp³-hybridized carbons (Fsp3) is 0.278. The predicted molar refractivity (Wildman–Crippen MR) is 88.8 cm³/mol. The highest BCUT2D eigenvalue weighted by atomic mass is 16.6. The number of carbonyl (C=O) groups excluding carboxylic acids is 1. The van der Waals surface area contributed by atoms with Crippen molar-refractivity contribution in [3.05, 3.63) is 53.6 Å². The zero-order valence-corrected chi connectivity index (χ0v) is 13.8. The summed E-state index contributed by atoms with van der Waals surface area (Å²) < 4.78 is 16.2. The maximum absolute atomic E-state index is 12.4. The highest BCUT2D eigenvalue weighted by molar-refractivity contribution is 5.95. The first kappa shape index (κ1) is 16.7. The second kappa shape index (κ2) is 6.60. The SMILES string of the molecule is COc1cc(OC)cc(C(C)(C)OC(=O)c2ccccc2N)c1. The molecule has 0 aromatic heterocycles. The van der Waals surface area contributed by atoms with Crippen LogP contribution >= 0.6 is 0 Å². The molecule has 0 aliphatic rings. The molecule has 0 spiro atoms. The summed E-state index contributed by atoms with van der Waals surface area (Å²) in [7, 11) is 3.14. The third kappa shape index (κ3) is 3.74. The average Bonchev–Trinajstić information content (AvgIpc) is 2.54. The Bertz CT molecular complexity index is 688. The van der Waals surface area contributed by atoms with Gasteiger partial charge in [0, 0.05) is 17.3 Å². The van der Waals surface area contributed by atoms with Crippen molar-refractivity contribution in [2.45, 2.75) is 19.4 Å². The fourth-order valence-corrected chi connectivity index (χ4v) is 2.18. The molecule has 0 atom stereocenters. The monoisotopic (exact) mass is 315 g/mol. The molecule has 0 saturated heterocycles. The van der Waals surface area contributed by atoms with E-state index in [-0.39, 0.29) is 0 Å². The molecule has 0 saturated carbocycles. The molecule has 23 heavy (non-hydrogen) atoms. The quantitative estimate of drug-likeness (QED) is 0.676. The molecule has 5 heteroatoms. The molecular formula is C18H21NO4. The maximum atomic E-state index is 12.4. The molecule has 0 aliphatic carbocycles. The number of ether oxygens (including phenoxy) is 3. The van der Waals surface area contributed by atoms with Gasteiger partial charge >= 0.3 is 5.97 Å². The molecule has 0 aliphatic heterocycles. The van der Waals surface area contributed by atoms with Crippen molar-refractivity contribution >= 4 is 11.7 Å². The number of hydrogen-bond acceptors (Lipinski definition) is 5. The summed E-state index contributed by atoms with van der Waals surface area (Å²) in [6.45, 7) is 3.61. The zero-order chi connectivity index (χ0) is 17.0. The Hall–Kier alpha value is -2.69. The third-order valence-electron chi connectivity index (χ3n) is 3.58. The van der Waals surface area contributed by atoms with Crippen molar-refractivity contribution in [3.8, 4) is 11.5 Å². The number of rotatable bonds is 5. The molecule has 0 radical (unpaired) electrons. The highest BCUT2D eigenvalue weighted by Crippen LogP contribution is 2.33. The second-order valence-corrected chi connectivity index (χ2v) is 5.59. The number of benzene rings is 2. The van der Waals surface area contributed by atoms with E-state index in [0.29, 0.717) is 22.7 Å². The van der Waals surface area contributed by atoms with Crippen molar-refractivity contribution in [2.24, 2.45) is 0 Å². The summed E-state index contributed by atoms with van der Waals surface area (Å²) in [5, 5.41) is 0. The van der Waals surface area contributed by atoms with Gasteiger partial charge in [0.15, 0.2) is 0 Å². The highest BCUT2D eigenvalue weighted by Gasteiger charge is 2.28. The molecule has 5 nitrogen and oxygen atoms in total. The summed E-state index contributed by atoms with van der Waals surface area (Å²) >= 11 is 0. The number of esters is 1. The van der Waals surface area contributed by atoms with Gasteiger partial charge in [0.25, 0.3) is 0 Å². The van der Waals surface area contributed by atoms with Gasteiger partial charge < -0.3 is 19.9 Å². The van der Waals surface area contributed by atoms with E-state index < -0.39 is 11.6 Å². The van der Waals surface area contributed by atoms with Gasteiger partial charge in [-0.3, -0.25) is 0 Å². The lowest BCUT2D eigenvalue weighted by Crippen LogP contribution is -2.26. The van der Waals surface area contributed by atoms with E-state index in [1.807, 2.05) is 12.1 Å². The van der Waals surface area contributed by atoms with Gasteiger partial charge in [-0.15, -0.1) is 0 Å². The first-order valence-electron chi connectivity index (χ1n) is 7.19. The van der Waals surface area contributed by atoms with E-state index in [2.05, 4.69) is 0 Å². The van der Waals surface area contributed by atoms with Gasteiger partial charge in [0.2, 0.25) is 0 Å². The van der Waals surface area contributed by atoms with Gasteiger partial charge in [-0.2, -0.15) is 0 Å². The summed E-state index contributed by atoms with van der Waals surface area (Å²) in [6, 6.07) is 12.2. The summed E-state index contributed by atoms with van der Waals surface area (Å²) in [4.78, 5) is 12.4. The Morgan fingerprint density at radius 1 is 1.00 bits per heavy atom. The predicted octanol–water partition coefficient (Wildman–Crippen LogP) is 3.38. The molecule has 0 heterocycles. The number of carbonyl (C=O) groups is 1. The Morgan fingerprint density at radius 2 is 1.57 bits per heavy atom.